The molecular weight excluding hydrogens is 328 g/mol. The number of carbonyl (C=O) groups is 1. The molecule has 0 aliphatic heterocycles. The fourth-order valence-electron chi connectivity index (χ4n) is 3.86. The number of halogens is 2. The average molecular weight is 353 g/mol. The molecule has 1 unspecified atom stereocenters. The molecule has 1 amide bonds. The van der Waals surface area contributed by atoms with E-state index in [1.165, 1.54) is 0 Å². The van der Waals surface area contributed by atoms with Gasteiger partial charge in [0, 0.05) is 18.9 Å². The number of alkyl halides is 2. The summed E-state index contributed by atoms with van der Waals surface area (Å²) in [7, 11) is 0. The second kappa shape index (κ2) is 6.90. The van der Waals surface area contributed by atoms with Gasteiger partial charge in [0.15, 0.2) is 0 Å². The minimum Gasteiger partial charge on any atom is -0.491 e. The number of benzene rings is 1. The maximum absolute atomic E-state index is 13.6. The number of aliphatic hydroxyl groups excluding tert-OH is 1. The van der Waals surface area contributed by atoms with Crippen molar-refractivity contribution in [3.05, 3.63) is 29.8 Å². The van der Waals surface area contributed by atoms with Crippen LogP contribution in [0.2, 0.25) is 0 Å². The predicted octanol–water partition coefficient (Wildman–Crippen LogP) is 2.96. The zero-order valence-corrected chi connectivity index (χ0v) is 14.5. The predicted molar refractivity (Wildman–Crippen MR) is 89.7 cm³/mol. The summed E-state index contributed by atoms with van der Waals surface area (Å²) < 4.78 is 32.8. The van der Waals surface area contributed by atoms with Gasteiger partial charge in [0.25, 0.3) is 5.92 Å². The topological polar surface area (TPSA) is 58.6 Å². The summed E-state index contributed by atoms with van der Waals surface area (Å²) in [6, 6.07) is 7.61. The number of rotatable bonds is 7. The third-order valence-electron chi connectivity index (χ3n) is 5.25. The van der Waals surface area contributed by atoms with E-state index in [2.05, 4.69) is 19.2 Å². The van der Waals surface area contributed by atoms with Crippen LogP contribution in [0.4, 0.5) is 8.78 Å². The van der Waals surface area contributed by atoms with Crippen LogP contribution in [0.1, 0.15) is 38.2 Å². The Hall–Kier alpha value is -1.69. The highest BCUT2D eigenvalue weighted by atomic mass is 19.3. The van der Waals surface area contributed by atoms with E-state index >= 15 is 0 Å². The molecule has 3 rings (SSSR count). The van der Waals surface area contributed by atoms with Gasteiger partial charge in [0.05, 0.1) is 5.92 Å². The van der Waals surface area contributed by atoms with Crippen molar-refractivity contribution in [2.45, 2.75) is 44.6 Å². The van der Waals surface area contributed by atoms with Crippen LogP contribution in [0, 0.1) is 17.8 Å². The van der Waals surface area contributed by atoms with Crippen LogP contribution in [0.5, 0.6) is 5.75 Å². The summed E-state index contributed by atoms with van der Waals surface area (Å²) in [6.07, 6.45) is -0.589. The van der Waals surface area contributed by atoms with Gasteiger partial charge in [0.2, 0.25) is 5.91 Å². The Kier molecular flexibility index (Phi) is 5.00. The number of fused-ring (bicyclic) bond motifs is 1. The molecule has 0 radical (unpaired) electrons. The van der Waals surface area contributed by atoms with Crippen LogP contribution in [0.15, 0.2) is 24.3 Å². The van der Waals surface area contributed by atoms with Gasteiger partial charge in [-0.1, -0.05) is 32.0 Å². The second-order valence-corrected chi connectivity index (χ2v) is 7.42. The molecule has 2 saturated carbocycles. The van der Waals surface area contributed by atoms with Crippen molar-refractivity contribution in [2.75, 3.05) is 13.2 Å². The van der Waals surface area contributed by atoms with Gasteiger partial charge < -0.3 is 15.2 Å². The average Bonchev–Trinajstić information content (AvgIpc) is 3.24. The first-order valence-electron chi connectivity index (χ1n) is 8.86. The quantitative estimate of drug-likeness (QED) is 0.792. The number of hydrogen-bond donors (Lipinski definition) is 2. The first-order valence-corrected chi connectivity index (χ1v) is 8.86. The molecule has 4 nitrogen and oxygen atoms in total. The number of para-hydroxylation sites is 1. The van der Waals surface area contributed by atoms with Crippen molar-refractivity contribution in [1.29, 1.82) is 0 Å². The normalized spacial score (nSPS) is 27.7. The Morgan fingerprint density at radius 2 is 2.12 bits per heavy atom. The van der Waals surface area contributed by atoms with E-state index in [-0.39, 0.29) is 31.4 Å². The van der Waals surface area contributed by atoms with Crippen molar-refractivity contribution in [3.8, 4) is 5.75 Å². The van der Waals surface area contributed by atoms with Gasteiger partial charge in [0.1, 0.15) is 18.5 Å². The summed E-state index contributed by atoms with van der Waals surface area (Å²) in [5.41, 5.74) is 1.05. The van der Waals surface area contributed by atoms with E-state index in [4.69, 9.17) is 4.74 Å². The van der Waals surface area contributed by atoms with Crippen LogP contribution in [-0.4, -0.2) is 36.2 Å². The lowest BCUT2D eigenvalue weighted by atomic mass is 10.0. The molecule has 0 aromatic heterocycles. The maximum atomic E-state index is 13.6. The van der Waals surface area contributed by atoms with Crippen LogP contribution >= 0.6 is 0 Å². The van der Waals surface area contributed by atoms with Gasteiger partial charge >= 0.3 is 0 Å². The standard InChI is InChI=1S/C19H25F2NO3/c1-11(2)13-5-3-4-6-15(13)25-10-12(23)9-22-18(24)16-14-7-8-19(20,21)17(14)16/h3-6,11-12,14,16-17,23H,7-10H2,1-2H3,(H,22,24)/t12?,14-,16+,17-/m0/s1. The van der Waals surface area contributed by atoms with Crippen LogP contribution in [0.3, 0.4) is 0 Å². The molecule has 2 aliphatic rings. The summed E-state index contributed by atoms with van der Waals surface area (Å²) >= 11 is 0. The number of aliphatic hydroxyl groups is 1. The summed E-state index contributed by atoms with van der Waals surface area (Å²) in [5, 5.41) is 12.6. The SMILES string of the molecule is CC(C)c1ccccc1OCC(O)CNC(=O)[C@@H]1[C@@H]2CCC(F)(F)[C@@H]21. The molecule has 1 aromatic carbocycles. The Balaban J connectivity index is 1.43. The third kappa shape index (κ3) is 3.78. The fraction of sp³-hybridized carbons (Fsp3) is 0.632. The largest absolute Gasteiger partial charge is 0.491 e. The number of ether oxygens (including phenoxy) is 1. The van der Waals surface area contributed by atoms with Gasteiger partial charge in [-0.15, -0.1) is 0 Å². The minimum atomic E-state index is -2.71. The highest BCUT2D eigenvalue weighted by Crippen LogP contribution is 2.64. The van der Waals surface area contributed by atoms with Gasteiger partial charge in [-0.25, -0.2) is 8.78 Å². The summed E-state index contributed by atoms with van der Waals surface area (Å²) in [5.74, 6) is -3.69. The van der Waals surface area contributed by atoms with Crippen molar-refractivity contribution in [2.24, 2.45) is 17.8 Å². The lowest BCUT2D eigenvalue weighted by molar-refractivity contribution is -0.125. The van der Waals surface area contributed by atoms with E-state index in [0.717, 1.165) is 5.56 Å². The molecule has 0 saturated heterocycles. The third-order valence-corrected chi connectivity index (χ3v) is 5.25. The van der Waals surface area contributed by atoms with E-state index in [1.54, 1.807) is 0 Å². The molecule has 0 bridgehead atoms. The van der Waals surface area contributed by atoms with Crippen molar-refractivity contribution < 1.29 is 23.4 Å². The van der Waals surface area contributed by atoms with Crippen molar-refractivity contribution in [1.82, 2.24) is 5.32 Å². The zero-order chi connectivity index (χ0) is 18.2. The molecule has 0 spiro atoms. The fourth-order valence-corrected chi connectivity index (χ4v) is 3.86. The Labute approximate surface area is 146 Å². The molecule has 6 heteroatoms. The Morgan fingerprint density at radius 3 is 2.76 bits per heavy atom. The van der Waals surface area contributed by atoms with Crippen molar-refractivity contribution >= 4 is 5.91 Å². The Morgan fingerprint density at radius 1 is 1.40 bits per heavy atom. The Bertz CT molecular complexity index is 635. The second-order valence-electron chi connectivity index (χ2n) is 7.42. The minimum absolute atomic E-state index is 0.00416. The number of amides is 1. The lowest BCUT2D eigenvalue weighted by Crippen LogP contribution is -2.37. The van der Waals surface area contributed by atoms with Gasteiger partial charge in [-0.05, 0) is 29.9 Å². The molecular formula is C19H25F2NO3. The van der Waals surface area contributed by atoms with E-state index in [9.17, 15) is 18.7 Å². The van der Waals surface area contributed by atoms with Crippen LogP contribution in [0.25, 0.3) is 0 Å². The smallest absolute Gasteiger partial charge is 0.252 e. The number of hydrogen-bond acceptors (Lipinski definition) is 3. The highest BCUT2D eigenvalue weighted by Gasteiger charge is 2.69. The lowest BCUT2D eigenvalue weighted by Gasteiger charge is -2.17. The van der Waals surface area contributed by atoms with Crippen LogP contribution in [-0.2, 0) is 4.79 Å². The zero-order valence-electron chi connectivity index (χ0n) is 14.5. The van der Waals surface area contributed by atoms with E-state index < -0.39 is 23.9 Å². The first-order chi connectivity index (χ1) is 11.8. The number of carbonyl (C=O) groups excluding carboxylic acids is 1. The molecule has 2 aliphatic carbocycles. The molecule has 138 valence electrons. The van der Waals surface area contributed by atoms with Gasteiger partial charge in [-0.3, -0.25) is 4.79 Å². The van der Waals surface area contributed by atoms with Gasteiger partial charge in [-0.2, -0.15) is 0 Å². The summed E-state index contributed by atoms with van der Waals surface area (Å²) in [6.45, 7) is 4.16. The summed E-state index contributed by atoms with van der Waals surface area (Å²) in [4.78, 5) is 12.0. The highest BCUT2D eigenvalue weighted by molar-refractivity contribution is 5.82. The van der Waals surface area contributed by atoms with Crippen LogP contribution < -0.4 is 10.1 Å². The first kappa shape index (κ1) is 18.1. The number of nitrogens with one attached hydrogen (secondary N) is 1. The molecule has 1 aromatic rings. The van der Waals surface area contributed by atoms with E-state index in [1.807, 2.05) is 24.3 Å². The monoisotopic (exact) mass is 353 g/mol. The molecule has 2 N–H and O–H groups in total. The maximum Gasteiger partial charge on any atom is 0.252 e. The molecule has 0 heterocycles. The molecule has 4 atom stereocenters. The van der Waals surface area contributed by atoms with E-state index in [0.29, 0.717) is 18.1 Å². The molecule has 25 heavy (non-hydrogen) atoms. The van der Waals surface area contributed by atoms with Crippen molar-refractivity contribution in [3.63, 3.8) is 0 Å². The molecule has 2 fully saturated rings.